The van der Waals surface area contributed by atoms with Crippen molar-refractivity contribution < 1.29 is 14.3 Å². The zero-order valence-corrected chi connectivity index (χ0v) is 20.0. The molecular weight excluding hydrogens is 452 g/mol. The highest BCUT2D eigenvalue weighted by atomic mass is 16.5. The van der Waals surface area contributed by atoms with E-state index in [9.17, 15) is 9.59 Å². The number of carbonyl (C=O) groups excluding carboxylic acids is 2. The quantitative estimate of drug-likeness (QED) is 0.368. The van der Waals surface area contributed by atoms with Crippen molar-refractivity contribution in [1.82, 2.24) is 10.3 Å². The minimum absolute atomic E-state index is 0.0495. The van der Waals surface area contributed by atoms with Crippen LogP contribution in [0.15, 0.2) is 85.1 Å². The summed E-state index contributed by atoms with van der Waals surface area (Å²) < 4.78 is 5.34. The number of nitrogens with one attached hydrogen (secondary N) is 2. The number of ether oxygens (including phenoxy) is 1. The zero-order valence-electron chi connectivity index (χ0n) is 20.0. The van der Waals surface area contributed by atoms with E-state index in [1.807, 2.05) is 85.1 Å². The lowest BCUT2D eigenvalue weighted by Gasteiger charge is -2.36. The van der Waals surface area contributed by atoms with Crippen molar-refractivity contribution in [2.24, 2.45) is 11.7 Å². The number of alkyl carbamates (subject to hydrolysis) is 1. The smallest absolute Gasteiger partial charge is 0.407 e. The van der Waals surface area contributed by atoms with Crippen molar-refractivity contribution in [3.63, 3.8) is 0 Å². The summed E-state index contributed by atoms with van der Waals surface area (Å²) in [5, 5.41) is 3.94. The van der Waals surface area contributed by atoms with E-state index < -0.39 is 12.1 Å². The first-order valence-corrected chi connectivity index (χ1v) is 12.2. The standard InChI is InChI=1S/C29H30N4O3/c30-25(15-23-17-31-26-12-6-5-11-24(23)26)28(34)33-18-21(14-22-10-4-7-13-27(22)33)16-32-29(35)36-19-20-8-2-1-3-9-20/h1-13,17,21,25,31H,14-16,18-19,30H2,(H,32,35). The number of aromatic amines is 1. The predicted octanol–water partition coefficient (Wildman–Crippen LogP) is 4.17. The van der Waals surface area contributed by atoms with Gasteiger partial charge in [0.1, 0.15) is 6.61 Å². The molecule has 0 saturated carbocycles. The topological polar surface area (TPSA) is 100 Å². The second-order valence-electron chi connectivity index (χ2n) is 9.26. The Morgan fingerprint density at radius 2 is 1.78 bits per heavy atom. The van der Waals surface area contributed by atoms with Gasteiger partial charge in [0.05, 0.1) is 6.04 Å². The fourth-order valence-electron chi connectivity index (χ4n) is 4.85. The van der Waals surface area contributed by atoms with Gasteiger partial charge in [-0.25, -0.2) is 4.79 Å². The first kappa shape index (κ1) is 23.6. The third-order valence-electron chi connectivity index (χ3n) is 6.68. The lowest BCUT2D eigenvalue weighted by Crippen LogP contribution is -2.50. The Balaban J connectivity index is 1.23. The van der Waals surface area contributed by atoms with Crippen LogP contribution in [0.3, 0.4) is 0 Å². The molecule has 2 heterocycles. The number of hydrogen-bond donors (Lipinski definition) is 3. The Hall–Kier alpha value is -4.10. The minimum Gasteiger partial charge on any atom is -0.445 e. The summed E-state index contributed by atoms with van der Waals surface area (Å²) in [4.78, 5) is 30.8. The number of para-hydroxylation sites is 2. The van der Waals surface area contributed by atoms with E-state index in [2.05, 4.69) is 10.3 Å². The summed E-state index contributed by atoms with van der Waals surface area (Å²) >= 11 is 0. The molecule has 4 N–H and O–H groups in total. The van der Waals surface area contributed by atoms with Crippen molar-refractivity contribution in [3.8, 4) is 0 Å². The molecule has 1 aromatic heterocycles. The summed E-state index contributed by atoms with van der Waals surface area (Å²) in [5.41, 5.74) is 11.4. The number of anilines is 1. The maximum Gasteiger partial charge on any atom is 0.407 e. The first-order chi connectivity index (χ1) is 17.6. The number of rotatable bonds is 7. The van der Waals surface area contributed by atoms with Crippen LogP contribution in [0.25, 0.3) is 10.9 Å². The second kappa shape index (κ2) is 10.7. The number of nitrogens with two attached hydrogens (primary N) is 1. The molecule has 2 atom stereocenters. The van der Waals surface area contributed by atoms with Gasteiger partial charge in [0.15, 0.2) is 0 Å². The lowest BCUT2D eigenvalue weighted by molar-refractivity contribution is -0.120. The molecule has 0 radical (unpaired) electrons. The molecule has 5 rings (SSSR count). The van der Waals surface area contributed by atoms with E-state index in [1.54, 1.807) is 4.90 Å². The molecule has 2 unspecified atom stereocenters. The average Bonchev–Trinajstić information content (AvgIpc) is 3.33. The molecule has 0 aliphatic carbocycles. The van der Waals surface area contributed by atoms with Gasteiger partial charge in [-0.05, 0) is 47.6 Å². The number of benzene rings is 3. The largest absolute Gasteiger partial charge is 0.445 e. The highest BCUT2D eigenvalue weighted by Gasteiger charge is 2.31. The number of aromatic nitrogens is 1. The average molecular weight is 483 g/mol. The lowest BCUT2D eigenvalue weighted by atomic mass is 9.91. The van der Waals surface area contributed by atoms with Crippen LogP contribution in [0, 0.1) is 5.92 Å². The van der Waals surface area contributed by atoms with Crippen LogP contribution in [0.4, 0.5) is 10.5 Å². The molecule has 36 heavy (non-hydrogen) atoms. The van der Waals surface area contributed by atoms with Crippen molar-refractivity contribution in [3.05, 3.63) is 102 Å². The zero-order chi connectivity index (χ0) is 24.9. The Bertz CT molecular complexity index is 1350. The Morgan fingerprint density at radius 1 is 1.03 bits per heavy atom. The van der Waals surface area contributed by atoms with E-state index in [1.165, 1.54) is 0 Å². The first-order valence-electron chi connectivity index (χ1n) is 12.2. The molecule has 4 aromatic rings. The van der Waals surface area contributed by atoms with E-state index in [0.29, 0.717) is 19.5 Å². The highest BCUT2D eigenvalue weighted by molar-refractivity contribution is 5.98. The molecule has 0 spiro atoms. The van der Waals surface area contributed by atoms with E-state index in [0.717, 1.165) is 39.7 Å². The summed E-state index contributed by atoms with van der Waals surface area (Å²) in [5.74, 6) is -0.0718. The number of amides is 2. The van der Waals surface area contributed by atoms with Gasteiger partial charge < -0.3 is 25.7 Å². The Morgan fingerprint density at radius 3 is 2.64 bits per heavy atom. The Labute approximate surface area is 210 Å². The number of carbonyl (C=O) groups is 2. The van der Waals surface area contributed by atoms with Crippen LogP contribution in [0.5, 0.6) is 0 Å². The molecule has 1 aliphatic heterocycles. The van der Waals surface area contributed by atoms with Crippen LogP contribution in [0.1, 0.15) is 16.7 Å². The highest BCUT2D eigenvalue weighted by Crippen LogP contribution is 2.30. The Kier molecular flexibility index (Phi) is 7.00. The third-order valence-corrected chi connectivity index (χ3v) is 6.68. The second-order valence-corrected chi connectivity index (χ2v) is 9.26. The summed E-state index contributed by atoms with van der Waals surface area (Å²) in [7, 11) is 0. The van der Waals surface area contributed by atoms with Gasteiger partial charge in [0.2, 0.25) is 5.91 Å². The van der Waals surface area contributed by atoms with Crippen molar-refractivity contribution >= 4 is 28.6 Å². The van der Waals surface area contributed by atoms with Crippen LogP contribution < -0.4 is 16.0 Å². The predicted molar refractivity (Wildman–Crippen MR) is 141 cm³/mol. The maximum absolute atomic E-state index is 13.5. The molecule has 1 aliphatic rings. The molecule has 0 bridgehead atoms. The van der Waals surface area contributed by atoms with Gasteiger partial charge in [-0.2, -0.15) is 0 Å². The van der Waals surface area contributed by atoms with Crippen LogP contribution in [-0.4, -0.2) is 36.1 Å². The number of nitrogens with zero attached hydrogens (tertiary/aromatic N) is 1. The van der Waals surface area contributed by atoms with E-state index >= 15 is 0 Å². The molecule has 3 aromatic carbocycles. The monoisotopic (exact) mass is 482 g/mol. The van der Waals surface area contributed by atoms with Crippen LogP contribution in [-0.2, 0) is 29.0 Å². The summed E-state index contributed by atoms with van der Waals surface area (Å²) in [6.45, 7) is 1.10. The minimum atomic E-state index is -0.681. The summed E-state index contributed by atoms with van der Waals surface area (Å²) in [6.07, 6.45) is 2.66. The van der Waals surface area contributed by atoms with Crippen molar-refractivity contribution in [2.45, 2.75) is 25.5 Å². The van der Waals surface area contributed by atoms with Gasteiger partial charge in [0, 0.05) is 35.9 Å². The van der Waals surface area contributed by atoms with Gasteiger partial charge in [-0.3, -0.25) is 4.79 Å². The fraction of sp³-hybridized carbons (Fsp3) is 0.241. The van der Waals surface area contributed by atoms with Crippen molar-refractivity contribution in [1.29, 1.82) is 0 Å². The maximum atomic E-state index is 13.5. The van der Waals surface area contributed by atoms with Gasteiger partial charge in [-0.1, -0.05) is 66.7 Å². The molecule has 2 amide bonds. The van der Waals surface area contributed by atoms with Gasteiger partial charge >= 0.3 is 6.09 Å². The van der Waals surface area contributed by atoms with E-state index in [4.69, 9.17) is 10.5 Å². The number of hydrogen-bond acceptors (Lipinski definition) is 4. The van der Waals surface area contributed by atoms with Crippen LogP contribution in [0.2, 0.25) is 0 Å². The molecular formula is C29H30N4O3. The number of H-pyrrole nitrogens is 1. The third kappa shape index (κ3) is 5.26. The van der Waals surface area contributed by atoms with Gasteiger partial charge in [-0.15, -0.1) is 0 Å². The normalized spacial score (nSPS) is 15.8. The molecule has 7 nitrogen and oxygen atoms in total. The SMILES string of the molecule is NC(Cc1c[nH]c2ccccc12)C(=O)N1CC(CNC(=O)OCc2ccccc2)Cc2ccccc21. The molecule has 0 saturated heterocycles. The van der Waals surface area contributed by atoms with E-state index in [-0.39, 0.29) is 18.4 Å². The number of fused-ring (bicyclic) bond motifs is 2. The molecule has 7 heteroatoms. The molecule has 184 valence electrons. The fourth-order valence-corrected chi connectivity index (χ4v) is 4.85. The summed E-state index contributed by atoms with van der Waals surface area (Å²) in [6, 6.07) is 24.8. The van der Waals surface area contributed by atoms with Gasteiger partial charge in [0.25, 0.3) is 0 Å². The molecule has 0 fully saturated rings. The van der Waals surface area contributed by atoms with Crippen LogP contribution >= 0.6 is 0 Å². The van der Waals surface area contributed by atoms with Crippen molar-refractivity contribution in [2.75, 3.05) is 18.0 Å².